The summed E-state index contributed by atoms with van der Waals surface area (Å²) >= 11 is 0. The van der Waals surface area contributed by atoms with Gasteiger partial charge in [-0.05, 0) is 29.5 Å². The maximum absolute atomic E-state index is 11.5. The lowest BCUT2D eigenvalue weighted by molar-refractivity contribution is 0.894. The molecule has 0 aliphatic heterocycles. The summed E-state index contributed by atoms with van der Waals surface area (Å²) < 4.78 is 2.15. The van der Waals surface area contributed by atoms with E-state index in [9.17, 15) is 4.79 Å². The van der Waals surface area contributed by atoms with E-state index < -0.39 is 0 Å². The van der Waals surface area contributed by atoms with Crippen LogP contribution in [0.1, 0.15) is 11.1 Å². The maximum Gasteiger partial charge on any atom is 0.345 e. The molecule has 1 aromatic carbocycles. The molecule has 4 nitrogen and oxygen atoms in total. The van der Waals surface area contributed by atoms with Gasteiger partial charge in [0.2, 0.25) is 0 Å². The Kier molecular flexibility index (Phi) is 2.57. The van der Waals surface area contributed by atoms with Gasteiger partial charge in [-0.3, -0.25) is 0 Å². The second kappa shape index (κ2) is 4.45. The average Bonchev–Trinajstić information content (AvgIpc) is 2.84. The molecule has 0 amide bonds. The van der Waals surface area contributed by atoms with Crippen molar-refractivity contribution >= 4 is 0 Å². The van der Waals surface area contributed by atoms with Gasteiger partial charge in [0.25, 0.3) is 0 Å². The third kappa shape index (κ3) is 1.83. The quantitative estimate of drug-likeness (QED) is 0.743. The Balaban J connectivity index is 1.98. The van der Waals surface area contributed by atoms with E-state index in [2.05, 4.69) is 52.0 Å². The molecule has 0 bridgehead atoms. The van der Waals surface area contributed by atoms with Crippen LogP contribution in [0.15, 0.2) is 47.5 Å². The number of hydrogen-bond donors (Lipinski definition) is 1. The van der Waals surface area contributed by atoms with Gasteiger partial charge in [-0.25, -0.2) is 9.78 Å². The number of benzene rings is 1. The highest BCUT2D eigenvalue weighted by molar-refractivity contribution is 5.79. The van der Waals surface area contributed by atoms with Crippen molar-refractivity contribution < 1.29 is 0 Å². The molecule has 3 aromatic rings. The Hall–Kier alpha value is -2.62. The van der Waals surface area contributed by atoms with Crippen molar-refractivity contribution in [3.63, 3.8) is 0 Å². The van der Waals surface area contributed by atoms with E-state index in [0.717, 1.165) is 29.7 Å². The standard InChI is InChI=1S/C17H15N3O/c1-20-10-14-13(16(20)11-5-3-2-4-6-11)8-7-12-9-18-17(21)19-15(12)14/h2-6,9-10H,7-8H2,1H3,(H,18,19,21). The normalized spacial score (nSPS) is 12.8. The SMILES string of the molecule is Cn1cc2c(c1-c1ccccc1)CCc1cnc(=O)[nH]c1-2. The lowest BCUT2D eigenvalue weighted by Gasteiger charge is -2.16. The molecule has 104 valence electrons. The summed E-state index contributed by atoms with van der Waals surface area (Å²) in [6.45, 7) is 0. The molecule has 4 heteroatoms. The van der Waals surface area contributed by atoms with E-state index in [-0.39, 0.29) is 5.69 Å². The minimum atomic E-state index is -0.285. The number of nitrogens with zero attached hydrogens (tertiary/aromatic N) is 2. The van der Waals surface area contributed by atoms with Crippen LogP contribution in [0, 0.1) is 0 Å². The first-order valence-electron chi connectivity index (χ1n) is 7.06. The van der Waals surface area contributed by atoms with Crippen molar-refractivity contribution in [2.45, 2.75) is 12.8 Å². The zero-order chi connectivity index (χ0) is 14.4. The second-order valence-corrected chi connectivity index (χ2v) is 5.44. The number of aromatic nitrogens is 3. The molecule has 0 radical (unpaired) electrons. The van der Waals surface area contributed by atoms with Crippen LogP contribution < -0.4 is 5.69 Å². The lowest BCUT2D eigenvalue weighted by atomic mass is 9.90. The summed E-state index contributed by atoms with van der Waals surface area (Å²) in [6.07, 6.45) is 5.69. The van der Waals surface area contributed by atoms with Crippen LogP contribution in [-0.4, -0.2) is 14.5 Å². The molecule has 0 spiro atoms. The van der Waals surface area contributed by atoms with Crippen molar-refractivity contribution in [1.29, 1.82) is 0 Å². The minimum absolute atomic E-state index is 0.285. The second-order valence-electron chi connectivity index (χ2n) is 5.44. The highest BCUT2D eigenvalue weighted by atomic mass is 16.1. The van der Waals surface area contributed by atoms with Gasteiger partial charge >= 0.3 is 5.69 Å². The van der Waals surface area contributed by atoms with Crippen molar-refractivity contribution in [1.82, 2.24) is 14.5 Å². The first-order valence-corrected chi connectivity index (χ1v) is 7.06. The van der Waals surface area contributed by atoms with E-state index in [1.165, 1.54) is 16.8 Å². The van der Waals surface area contributed by atoms with Gasteiger partial charge in [-0.2, -0.15) is 0 Å². The fourth-order valence-electron chi connectivity index (χ4n) is 3.23. The predicted octanol–water partition coefficient (Wildman–Crippen LogP) is 2.54. The molecule has 1 N–H and O–H groups in total. The molecular weight excluding hydrogens is 262 g/mol. The molecule has 0 saturated carbocycles. The smallest absolute Gasteiger partial charge is 0.345 e. The molecule has 0 unspecified atom stereocenters. The molecule has 0 fully saturated rings. The van der Waals surface area contributed by atoms with E-state index in [0.29, 0.717) is 0 Å². The minimum Gasteiger partial charge on any atom is -0.350 e. The first-order chi connectivity index (χ1) is 10.2. The number of aromatic amines is 1. The highest BCUT2D eigenvalue weighted by Crippen LogP contribution is 2.38. The summed E-state index contributed by atoms with van der Waals surface area (Å²) in [5, 5.41) is 0. The van der Waals surface area contributed by atoms with Crippen molar-refractivity contribution in [2.24, 2.45) is 7.05 Å². The summed E-state index contributed by atoms with van der Waals surface area (Å²) in [7, 11) is 2.06. The lowest BCUT2D eigenvalue weighted by Crippen LogP contribution is -2.15. The van der Waals surface area contributed by atoms with Crippen LogP contribution in [0.4, 0.5) is 0 Å². The number of aryl methyl sites for hydroxylation is 2. The van der Waals surface area contributed by atoms with Crippen LogP contribution in [0.25, 0.3) is 22.5 Å². The van der Waals surface area contributed by atoms with Crippen molar-refractivity contribution in [3.8, 4) is 22.5 Å². The number of rotatable bonds is 1. The Bertz CT molecular complexity index is 875. The van der Waals surface area contributed by atoms with Gasteiger partial charge in [-0.1, -0.05) is 30.3 Å². The summed E-state index contributed by atoms with van der Waals surface area (Å²) in [4.78, 5) is 18.3. The molecule has 0 saturated heterocycles. The Morgan fingerprint density at radius 3 is 2.81 bits per heavy atom. The van der Waals surface area contributed by atoms with E-state index in [1.807, 2.05) is 6.07 Å². The maximum atomic E-state index is 11.5. The molecule has 1 aliphatic rings. The van der Waals surface area contributed by atoms with Crippen LogP contribution in [0.3, 0.4) is 0 Å². The Labute approximate surface area is 122 Å². The molecule has 21 heavy (non-hydrogen) atoms. The Morgan fingerprint density at radius 2 is 2.00 bits per heavy atom. The predicted molar refractivity (Wildman–Crippen MR) is 82.1 cm³/mol. The monoisotopic (exact) mass is 277 g/mol. The fraction of sp³-hybridized carbons (Fsp3) is 0.176. The van der Waals surface area contributed by atoms with Crippen LogP contribution in [-0.2, 0) is 19.9 Å². The van der Waals surface area contributed by atoms with Gasteiger partial charge in [0, 0.05) is 25.0 Å². The van der Waals surface area contributed by atoms with Crippen LogP contribution >= 0.6 is 0 Å². The number of fused-ring (bicyclic) bond motifs is 3. The zero-order valence-electron chi connectivity index (χ0n) is 11.8. The molecular formula is C17H15N3O. The summed E-state index contributed by atoms with van der Waals surface area (Å²) in [6, 6.07) is 10.4. The Morgan fingerprint density at radius 1 is 1.19 bits per heavy atom. The molecule has 0 atom stereocenters. The fourth-order valence-corrected chi connectivity index (χ4v) is 3.23. The summed E-state index contributed by atoms with van der Waals surface area (Å²) in [5.74, 6) is 0. The summed E-state index contributed by atoms with van der Waals surface area (Å²) in [5.41, 5.74) is 6.62. The van der Waals surface area contributed by atoms with E-state index in [4.69, 9.17) is 0 Å². The molecule has 4 rings (SSSR count). The van der Waals surface area contributed by atoms with E-state index in [1.54, 1.807) is 6.20 Å². The van der Waals surface area contributed by atoms with Crippen molar-refractivity contribution in [2.75, 3.05) is 0 Å². The molecule has 2 heterocycles. The highest BCUT2D eigenvalue weighted by Gasteiger charge is 2.23. The van der Waals surface area contributed by atoms with E-state index >= 15 is 0 Å². The van der Waals surface area contributed by atoms with Gasteiger partial charge in [0.15, 0.2) is 0 Å². The third-order valence-corrected chi connectivity index (χ3v) is 4.14. The molecule has 1 aliphatic carbocycles. The number of nitrogens with one attached hydrogen (secondary N) is 1. The zero-order valence-corrected chi connectivity index (χ0v) is 11.8. The largest absolute Gasteiger partial charge is 0.350 e. The average molecular weight is 277 g/mol. The van der Waals surface area contributed by atoms with Gasteiger partial charge in [0.05, 0.1) is 11.4 Å². The van der Waals surface area contributed by atoms with Gasteiger partial charge in [0.1, 0.15) is 0 Å². The van der Waals surface area contributed by atoms with Crippen LogP contribution in [0.2, 0.25) is 0 Å². The number of hydrogen-bond acceptors (Lipinski definition) is 2. The topological polar surface area (TPSA) is 50.7 Å². The van der Waals surface area contributed by atoms with Gasteiger partial charge in [-0.15, -0.1) is 0 Å². The molecule has 2 aromatic heterocycles. The third-order valence-electron chi connectivity index (χ3n) is 4.14. The first kappa shape index (κ1) is 12.1. The number of H-pyrrole nitrogens is 1. The van der Waals surface area contributed by atoms with Crippen molar-refractivity contribution in [3.05, 3.63) is 64.3 Å². The van der Waals surface area contributed by atoms with Crippen LogP contribution in [0.5, 0.6) is 0 Å². The van der Waals surface area contributed by atoms with Gasteiger partial charge < -0.3 is 9.55 Å².